The lowest BCUT2D eigenvalue weighted by atomic mass is 10.0. The Bertz CT molecular complexity index is 1220. The highest BCUT2D eigenvalue weighted by Gasteiger charge is 2.22. The number of imidazole rings is 1. The highest BCUT2D eigenvalue weighted by molar-refractivity contribution is 5.98. The number of nitrogens with zero attached hydrogens (tertiary/aromatic N) is 5. The molecule has 0 saturated carbocycles. The number of benzene rings is 2. The van der Waals surface area contributed by atoms with Gasteiger partial charge in [-0.15, -0.1) is 0 Å². The molecule has 36 heavy (non-hydrogen) atoms. The number of likely N-dealkylation sites (N-methyl/N-ethyl adjacent to an activating group) is 1. The van der Waals surface area contributed by atoms with Crippen molar-refractivity contribution in [3.63, 3.8) is 0 Å². The maximum Gasteiger partial charge on any atom is 0.176 e. The molecule has 2 fully saturated rings. The van der Waals surface area contributed by atoms with Gasteiger partial charge < -0.3 is 14.4 Å². The van der Waals surface area contributed by atoms with Crippen LogP contribution in [-0.4, -0.2) is 96.1 Å². The van der Waals surface area contributed by atoms with Gasteiger partial charge in [-0.1, -0.05) is 30.3 Å². The second kappa shape index (κ2) is 10.1. The first kappa shape index (κ1) is 23.4. The largest absolute Gasteiger partial charge is 0.483 e. The number of carbonyl (C=O) groups is 1. The van der Waals surface area contributed by atoms with Crippen LogP contribution in [0.15, 0.2) is 48.7 Å². The van der Waals surface area contributed by atoms with E-state index in [4.69, 9.17) is 14.5 Å². The predicted molar refractivity (Wildman–Crippen MR) is 138 cm³/mol. The molecule has 8 nitrogen and oxygen atoms in total. The van der Waals surface area contributed by atoms with Crippen molar-refractivity contribution in [1.82, 2.24) is 24.3 Å². The van der Waals surface area contributed by atoms with Gasteiger partial charge in [-0.25, -0.2) is 4.98 Å². The highest BCUT2D eigenvalue weighted by atomic mass is 16.5. The Morgan fingerprint density at radius 2 is 1.67 bits per heavy atom. The van der Waals surface area contributed by atoms with E-state index in [1.165, 1.54) is 0 Å². The van der Waals surface area contributed by atoms with Crippen LogP contribution in [0.1, 0.15) is 21.9 Å². The summed E-state index contributed by atoms with van der Waals surface area (Å²) in [5, 5.41) is 0. The molecule has 0 unspecified atom stereocenters. The van der Waals surface area contributed by atoms with Crippen LogP contribution in [0.2, 0.25) is 0 Å². The van der Waals surface area contributed by atoms with Crippen LogP contribution in [0.5, 0.6) is 5.75 Å². The molecule has 6 rings (SSSR count). The molecular weight excluding hydrogens is 454 g/mol. The van der Waals surface area contributed by atoms with Crippen molar-refractivity contribution in [2.45, 2.75) is 13.2 Å². The maximum absolute atomic E-state index is 12.8. The van der Waals surface area contributed by atoms with E-state index in [2.05, 4.69) is 50.7 Å². The van der Waals surface area contributed by atoms with E-state index >= 15 is 0 Å². The van der Waals surface area contributed by atoms with Crippen molar-refractivity contribution >= 4 is 5.78 Å². The van der Waals surface area contributed by atoms with Gasteiger partial charge in [0, 0.05) is 57.6 Å². The molecule has 8 heteroatoms. The molecule has 2 aromatic carbocycles. The first-order valence-corrected chi connectivity index (χ1v) is 12.8. The monoisotopic (exact) mass is 487 g/mol. The van der Waals surface area contributed by atoms with E-state index in [0.717, 1.165) is 98.7 Å². The molecule has 3 aromatic rings. The molecule has 4 heterocycles. The van der Waals surface area contributed by atoms with Crippen LogP contribution in [-0.2, 0) is 17.9 Å². The van der Waals surface area contributed by atoms with E-state index in [0.29, 0.717) is 13.2 Å². The maximum atomic E-state index is 12.8. The van der Waals surface area contributed by atoms with Crippen LogP contribution >= 0.6 is 0 Å². The Morgan fingerprint density at radius 3 is 2.44 bits per heavy atom. The number of ether oxygens (including phenoxy) is 2. The number of hydrogen-bond donors (Lipinski definition) is 0. The van der Waals surface area contributed by atoms with Crippen molar-refractivity contribution in [2.24, 2.45) is 0 Å². The number of ketones is 1. The zero-order valence-electron chi connectivity index (χ0n) is 20.9. The van der Waals surface area contributed by atoms with Gasteiger partial charge in [-0.2, -0.15) is 0 Å². The molecule has 1 aromatic heterocycles. The second-order valence-corrected chi connectivity index (χ2v) is 9.96. The average molecular weight is 488 g/mol. The molecule has 2 saturated heterocycles. The number of Topliss-reactive ketones (excluding diaryl/α,β-unsaturated/α-hetero) is 1. The molecule has 188 valence electrons. The molecule has 0 atom stereocenters. The van der Waals surface area contributed by atoms with Gasteiger partial charge in [0.25, 0.3) is 0 Å². The van der Waals surface area contributed by atoms with E-state index < -0.39 is 0 Å². The minimum Gasteiger partial charge on any atom is -0.483 e. The summed E-state index contributed by atoms with van der Waals surface area (Å²) >= 11 is 0. The Balaban J connectivity index is 1.15. The average Bonchev–Trinajstić information content (AvgIpc) is 3.33. The zero-order chi connectivity index (χ0) is 24.5. The van der Waals surface area contributed by atoms with Crippen LogP contribution in [0.25, 0.3) is 16.8 Å². The zero-order valence-corrected chi connectivity index (χ0v) is 20.9. The fourth-order valence-electron chi connectivity index (χ4n) is 5.15. The standard InChI is InChI=1S/C28H33N5O3/c1-30-8-10-31(11-9-30)19-26(34)22-4-2-21(3-5-22)23-6-7-25-27(16-23)36-20-28-29-24(18-33(25)28)17-32-12-14-35-15-13-32/h2-7,16,18H,8-15,17,19-20H2,1H3. The number of fused-ring (bicyclic) bond motifs is 3. The Hall–Kier alpha value is -3.04. The molecule has 0 spiro atoms. The van der Waals surface area contributed by atoms with Crippen molar-refractivity contribution in [2.75, 3.05) is 66.1 Å². The molecule has 0 bridgehead atoms. The molecule has 3 aliphatic heterocycles. The number of aromatic nitrogens is 2. The summed E-state index contributed by atoms with van der Waals surface area (Å²) in [5.41, 5.74) is 4.98. The molecule has 3 aliphatic rings. The fourth-order valence-corrected chi connectivity index (χ4v) is 5.15. The Kier molecular flexibility index (Phi) is 6.58. The Labute approximate surface area is 212 Å². The summed E-state index contributed by atoms with van der Waals surface area (Å²) < 4.78 is 13.7. The first-order valence-electron chi connectivity index (χ1n) is 12.8. The molecule has 0 N–H and O–H groups in total. The molecule has 0 radical (unpaired) electrons. The Morgan fingerprint density at radius 1 is 0.917 bits per heavy atom. The number of carbonyl (C=O) groups excluding carboxylic acids is 1. The van der Waals surface area contributed by atoms with Crippen LogP contribution in [0, 0.1) is 0 Å². The van der Waals surface area contributed by atoms with Gasteiger partial charge in [0.15, 0.2) is 11.6 Å². The summed E-state index contributed by atoms with van der Waals surface area (Å²) in [5.74, 6) is 1.97. The molecule has 0 amide bonds. The summed E-state index contributed by atoms with van der Waals surface area (Å²) in [7, 11) is 2.13. The third-order valence-electron chi connectivity index (χ3n) is 7.40. The minimum absolute atomic E-state index is 0.181. The van der Waals surface area contributed by atoms with Crippen LogP contribution in [0.4, 0.5) is 0 Å². The predicted octanol–water partition coefficient (Wildman–Crippen LogP) is 2.69. The van der Waals surface area contributed by atoms with E-state index in [1.807, 2.05) is 24.3 Å². The van der Waals surface area contributed by atoms with Crippen molar-refractivity contribution in [1.29, 1.82) is 0 Å². The summed E-state index contributed by atoms with van der Waals surface area (Å²) in [6, 6.07) is 14.2. The minimum atomic E-state index is 0.181. The summed E-state index contributed by atoms with van der Waals surface area (Å²) in [4.78, 5) is 24.5. The van der Waals surface area contributed by atoms with Gasteiger partial charge in [0.1, 0.15) is 12.4 Å². The summed E-state index contributed by atoms with van der Waals surface area (Å²) in [6.07, 6.45) is 2.13. The number of rotatable bonds is 6. The van der Waals surface area contributed by atoms with Crippen molar-refractivity contribution in [3.05, 3.63) is 65.7 Å². The van der Waals surface area contributed by atoms with Crippen molar-refractivity contribution < 1.29 is 14.3 Å². The summed E-state index contributed by atoms with van der Waals surface area (Å²) in [6.45, 7) is 9.16. The van der Waals surface area contributed by atoms with Crippen LogP contribution < -0.4 is 4.74 Å². The smallest absolute Gasteiger partial charge is 0.176 e. The highest BCUT2D eigenvalue weighted by Crippen LogP contribution is 2.34. The van der Waals surface area contributed by atoms with Gasteiger partial charge in [-0.3, -0.25) is 19.2 Å². The topological polar surface area (TPSA) is 63.1 Å². The molecule has 0 aliphatic carbocycles. The number of hydrogen-bond acceptors (Lipinski definition) is 7. The van der Waals surface area contributed by atoms with E-state index in [-0.39, 0.29) is 5.78 Å². The lowest BCUT2D eigenvalue weighted by Crippen LogP contribution is -2.46. The van der Waals surface area contributed by atoms with Crippen LogP contribution in [0.3, 0.4) is 0 Å². The van der Waals surface area contributed by atoms with Gasteiger partial charge >= 0.3 is 0 Å². The number of piperazine rings is 1. The second-order valence-electron chi connectivity index (χ2n) is 9.96. The van der Waals surface area contributed by atoms with Gasteiger partial charge in [-0.05, 0) is 30.3 Å². The van der Waals surface area contributed by atoms with Gasteiger partial charge in [0.2, 0.25) is 0 Å². The van der Waals surface area contributed by atoms with Gasteiger partial charge in [0.05, 0.1) is 31.1 Å². The lowest BCUT2D eigenvalue weighted by Gasteiger charge is -2.31. The SMILES string of the molecule is CN1CCN(CC(=O)c2ccc(-c3ccc4c(c3)OCc3nc(CN5CCOCC5)cn3-4)cc2)CC1. The van der Waals surface area contributed by atoms with E-state index in [9.17, 15) is 4.79 Å². The van der Waals surface area contributed by atoms with E-state index in [1.54, 1.807) is 0 Å². The fraction of sp³-hybridized carbons (Fsp3) is 0.429. The number of morpholine rings is 1. The normalized spacial score (nSPS) is 18.9. The third-order valence-corrected chi connectivity index (χ3v) is 7.40. The quantitative estimate of drug-likeness (QED) is 0.496. The lowest BCUT2D eigenvalue weighted by molar-refractivity contribution is 0.0337. The van der Waals surface area contributed by atoms with Crippen molar-refractivity contribution in [3.8, 4) is 22.6 Å². The molecular formula is C28H33N5O3. The third kappa shape index (κ3) is 4.95. The first-order chi connectivity index (χ1) is 17.6.